The molecule has 0 atom stereocenters. The fourth-order valence-electron chi connectivity index (χ4n) is 1.84. The smallest absolute Gasteiger partial charge is 0.254 e. The predicted octanol–water partition coefficient (Wildman–Crippen LogP) is 1.63. The van der Waals surface area contributed by atoms with E-state index in [9.17, 15) is 4.79 Å². The molecule has 0 radical (unpaired) electrons. The van der Waals surface area contributed by atoms with Crippen molar-refractivity contribution in [2.45, 2.75) is 26.7 Å². The molecule has 0 aliphatic carbocycles. The second kappa shape index (κ2) is 4.91. The molecule has 0 saturated carbocycles. The van der Waals surface area contributed by atoms with Gasteiger partial charge in [-0.15, -0.1) is 0 Å². The van der Waals surface area contributed by atoms with E-state index >= 15 is 0 Å². The van der Waals surface area contributed by atoms with Crippen LogP contribution in [-0.4, -0.2) is 15.0 Å². The van der Waals surface area contributed by atoms with Crippen LogP contribution in [0.5, 0.6) is 0 Å². The van der Waals surface area contributed by atoms with Crippen molar-refractivity contribution in [1.82, 2.24) is 15.0 Å². The summed E-state index contributed by atoms with van der Waals surface area (Å²) in [6.45, 7) is 3.83. The van der Waals surface area contributed by atoms with Gasteiger partial charge < -0.3 is 4.98 Å². The van der Waals surface area contributed by atoms with Crippen LogP contribution in [0.1, 0.15) is 29.7 Å². The van der Waals surface area contributed by atoms with Crippen LogP contribution in [-0.2, 0) is 12.8 Å². The Kier molecular flexibility index (Phi) is 3.32. The molecule has 0 aromatic carbocycles. The molecule has 0 amide bonds. The average Bonchev–Trinajstić information content (AvgIpc) is 2.30. The maximum absolute atomic E-state index is 11.8. The van der Waals surface area contributed by atoms with E-state index in [0.717, 1.165) is 17.0 Å². The number of H-pyrrole nitrogens is 1. The SMILES string of the molecule is CCc1c(C)nc(Cc2ccccn2)[nH]c1=O. The molecule has 0 fully saturated rings. The lowest BCUT2D eigenvalue weighted by molar-refractivity contribution is 0.865. The fraction of sp³-hybridized carbons (Fsp3) is 0.308. The third-order valence-corrected chi connectivity index (χ3v) is 2.70. The Morgan fingerprint density at radius 2 is 2.18 bits per heavy atom. The maximum Gasteiger partial charge on any atom is 0.254 e. The molecule has 2 heterocycles. The Bertz CT molecular complexity index is 561. The van der Waals surface area contributed by atoms with E-state index in [4.69, 9.17) is 0 Å². The summed E-state index contributed by atoms with van der Waals surface area (Å²) in [6.07, 6.45) is 3.00. The largest absolute Gasteiger partial charge is 0.310 e. The van der Waals surface area contributed by atoms with Gasteiger partial charge in [-0.3, -0.25) is 9.78 Å². The third kappa shape index (κ3) is 2.58. The van der Waals surface area contributed by atoms with E-state index < -0.39 is 0 Å². The van der Waals surface area contributed by atoms with Gasteiger partial charge in [-0.2, -0.15) is 0 Å². The van der Waals surface area contributed by atoms with Gasteiger partial charge in [0.25, 0.3) is 5.56 Å². The second-order valence-electron chi connectivity index (χ2n) is 3.93. The van der Waals surface area contributed by atoms with Gasteiger partial charge in [0.1, 0.15) is 5.82 Å². The third-order valence-electron chi connectivity index (χ3n) is 2.70. The molecule has 4 heteroatoms. The van der Waals surface area contributed by atoms with E-state index in [0.29, 0.717) is 18.7 Å². The van der Waals surface area contributed by atoms with Crippen molar-refractivity contribution in [1.29, 1.82) is 0 Å². The van der Waals surface area contributed by atoms with Gasteiger partial charge in [-0.1, -0.05) is 13.0 Å². The lowest BCUT2D eigenvalue weighted by Crippen LogP contribution is -2.18. The zero-order chi connectivity index (χ0) is 12.3. The first-order chi connectivity index (χ1) is 8.20. The normalized spacial score (nSPS) is 10.5. The summed E-state index contributed by atoms with van der Waals surface area (Å²) < 4.78 is 0. The number of hydrogen-bond acceptors (Lipinski definition) is 3. The average molecular weight is 229 g/mol. The number of aromatic nitrogens is 3. The minimum Gasteiger partial charge on any atom is -0.310 e. The number of aromatic amines is 1. The van der Waals surface area contributed by atoms with Crippen LogP contribution in [0.3, 0.4) is 0 Å². The standard InChI is InChI=1S/C13H15N3O/c1-3-11-9(2)15-12(16-13(11)17)8-10-6-4-5-7-14-10/h4-7H,3,8H2,1-2H3,(H,15,16,17). The zero-order valence-corrected chi connectivity index (χ0v) is 10.0. The van der Waals surface area contributed by atoms with Crippen LogP contribution in [0.2, 0.25) is 0 Å². The number of aryl methyl sites for hydroxylation is 1. The van der Waals surface area contributed by atoms with Gasteiger partial charge >= 0.3 is 0 Å². The van der Waals surface area contributed by atoms with Gasteiger partial charge in [-0.05, 0) is 25.5 Å². The molecule has 4 nitrogen and oxygen atoms in total. The molecule has 0 unspecified atom stereocenters. The lowest BCUT2D eigenvalue weighted by Gasteiger charge is -2.05. The molecule has 88 valence electrons. The first kappa shape index (κ1) is 11.5. The summed E-state index contributed by atoms with van der Waals surface area (Å²) in [5.41, 5.74) is 2.43. The number of nitrogens with one attached hydrogen (secondary N) is 1. The van der Waals surface area contributed by atoms with E-state index in [-0.39, 0.29) is 5.56 Å². The Hall–Kier alpha value is -1.97. The van der Waals surface area contributed by atoms with E-state index in [1.165, 1.54) is 0 Å². The highest BCUT2D eigenvalue weighted by Crippen LogP contribution is 2.04. The molecule has 0 bridgehead atoms. The van der Waals surface area contributed by atoms with E-state index in [1.54, 1.807) is 6.20 Å². The van der Waals surface area contributed by atoms with Crippen LogP contribution >= 0.6 is 0 Å². The van der Waals surface area contributed by atoms with Crippen molar-refractivity contribution in [2.75, 3.05) is 0 Å². The van der Waals surface area contributed by atoms with Crippen LogP contribution in [0.25, 0.3) is 0 Å². The van der Waals surface area contributed by atoms with E-state index in [1.807, 2.05) is 32.0 Å². The summed E-state index contributed by atoms with van der Waals surface area (Å²) in [5.74, 6) is 0.670. The van der Waals surface area contributed by atoms with Gasteiger partial charge in [0.15, 0.2) is 0 Å². The molecule has 0 spiro atoms. The quantitative estimate of drug-likeness (QED) is 0.870. The highest BCUT2D eigenvalue weighted by Gasteiger charge is 2.06. The van der Waals surface area contributed by atoms with Crippen LogP contribution in [0.15, 0.2) is 29.2 Å². The number of pyridine rings is 1. The molecule has 0 saturated heterocycles. The number of hydrogen-bond donors (Lipinski definition) is 1. The first-order valence-corrected chi connectivity index (χ1v) is 5.69. The zero-order valence-electron chi connectivity index (χ0n) is 10.0. The summed E-state index contributed by atoms with van der Waals surface area (Å²) in [5, 5.41) is 0. The predicted molar refractivity (Wildman–Crippen MR) is 66.0 cm³/mol. The fourth-order valence-corrected chi connectivity index (χ4v) is 1.84. The van der Waals surface area contributed by atoms with Gasteiger partial charge in [-0.25, -0.2) is 4.98 Å². The Morgan fingerprint density at radius 3 is 2.76 bits per heavy atom. The van der Waals surface area contributed by atoms with Gasteiger partial charge in [0.05, 0.1) is 0 Å². The lowest BCUT2D eigenvalue weighted by atomic mass is 10.2. The van der Waals surface area contributed by atoms with Crippen molar-refractivity contribution in [3.05, 3.63) is 57.5 Å². The summed E-state index contributed by atoms with van der Waals surface area (Å²) >= 11 is 0. The minimum atomic E-state index is -0.0362. The van der Waals surface area contributed by atoms with Crippen molar-refractivity contribution in [3.63, 3.8) is 0 Å². The van der Waals surface area contributed by atoms with Crippen molar-refractivity contribution >= 4 is 0 Å². The summed E-state index contributed by atoms with van der Waals surface area (Å²) in [7, 11) is 0. The molecule has 2 aromatic heterocycles. The molecule has 17 heavy (non-hydrogen) atoms. The van der Waals surface area contributed by atoms with Crippen molar-refractivity contribution < 1.29 is 0 Å². The highest BCUT2D eigenvalue weighted by atomic mass is 16.1. The van der Waals surface area contributed by atoms with E-state index in [2.05, 4.69) is 15.0 Å². The first-order valence-electron chi connectivity index (χ1n) is 5.69. The molecular formula is C13H15N3O. The second-order valence-corrected chi connectivity index (χ2v) is 3.93. The Morgan fingerprint density at radius 1 is 1.35 bits per heavy atom. The molecule has 0 aliphatic heterocycles. The number of nitrogens with zero attached hydrogens (tertiary/aromatic N) is 2. The maximum atomic E-state index is 11.8. The van der Waals surface area contributed by atoms with Crippen molar-refractivity contribution in [3.8, 4) is 0 Å². The summed E-state index contributed by atoms with van der Waals surface area (Å²) in [4.78, 5) is 23.2. The highest BCUT2D eigenvalue weighted by molar-refractivity contribution is 5.18. The molecule has 2 rings (SSSR count). The number of rotatable bonds is 3. The molecule has 2 aromatic rings. The molecule has 1 N–H and O–H groups in total. The van der Waals surface area contributed by atoms with Gasteiger partial charge in [0, 0.05) is 29.6 Å². The van der Waals surface area contributed by atoms with Crippen LogP contribution in [0.4, 0.5) is 0 Å². The van der Waals surface area contributed by atoms with Crippen molar-refractivity contribution in [2.24, 2.45) is 0 Å². The Balaban J connectivity index is 2.32. The van der Waals surface area contributed by atoms with Crippen LogP contribution in [0, 0.1) is 6.92 Å². The topological polar surface area (TPSA) is 58.6 Å². The summed E-state index contributed by atoms with van der Waals surface area (Å²) in [6, 6.07) is 5.71. The molecule has 0 aliphatic rings. The Labute approximate surface area is 99.8 Å². The molecular weight excluding hydrogens is 214 g/mol. The van der Waals surface area contributed by atoms with Gasteiger partial charge in [0.2, 0.25) is 0 Å². The van der Waals surface area contributed by atoms with Crippen LogP contribution < -0.4 is 5.56 Å². The monoisotopic (exact) mass is 229 g/mol. The minimum absolute atomic E-state index is 0.0362.